The smallest absolute Gasteiger partial charge is 0.274 e. The molecular weight excluding hydrogens is 907 g/mol. The third-order valence-corrected chi connectivity index (χ3v) is 12.6. The molecule has 1 aliphatic heterocycles. The zero-order chi connectivity index (χ0) is 45.9. The second kappa shape index (κ2) is 21.9. The van der Waals surface area contributed by atoms with E-state index < -0.39 is 84.1 Å². The fourth-order valence-electron chi connectivity index (χ4n) is 5.58. The number of carbonyl (C=O) groups is 3. The zero-order valence-corrected chi connectivity index (χ0v) is 36.7. The van der Waals surface area contributed by atoms with E-state index in [9.17, 15) is 57.9 Å². The number of thioether (sulfide) groups is 1. The van der Waals surface area contributed by atoms with Crippen molar-refractivity contribution in [2.24, 2.45) is 5.41 Å². The second-order valence-electron chi connectivity index (χ2n) is 14.1. The summed E-state index contributed by atoms with van der Waals surface area (Å²) >= 11 is 0.970. The maximum atomic E-state index is 12.6. The minimum absolute atomic E-state index is 0.0315. The third kappa shape index (κ3) is 15.0. The standard InChI is InChI=1S/C33H48N7O18P3S/c1-32(2,28(44)31(45)36-12-11-23(41)35-13-15-62-24(42)10-7-14-53-16-21-8-5-4-6-9-21)18-55-61(51,52)58-60(49,50)54-17-22-26(57-59(46,47)48)27(43)33(3,56-22)40-20-39-25-29(34)37-19-38-30(25)40/h4-10,19-20,22,26-28,43-44H,11-18H2,1-3H3,(H,35,41)(H,36,45)(H,49,50)(H,51,52)(H2,34,37,38)(H2,46,47,48)/p-4. The van der Waals surface area contributed by atoms with Crippen LogP contribution in [-0.2, 0) is 67.8 Å². The number of benzene rings is 1. The highest BCUT2D eigenvalue weighted by molar-refractivity contribution is 8.14. The Morgan fingerprint density at radius 2 is 1.76 bits per heavy atom. The number of rotatable bonds is 24. The molecule has 2 aromatic heterocycles. The van der Waals surface area contributed by atoms with Crippen LogP contribution in [0.5, 0.6) is 0 Å². The Bertz CT molecular complexity index is 2200. The van der Waals surface area contributed by atoms with Gasteiger partial charge in [-0.1, -0.05) is 62.0 Å². The summed E-state index contributed by atoms with van der Waals surface area (Å²) in [5.74, 6) is -1.33. The van der Waals surface area contributed by atoms with Crippen LogP contribution in [0.25, 0.3) is 11.2 Å². The number of hydrogen-bond donors (Lipinski definition) is 5. The van der Waals surface area contributed by atoms with E-state index in [0.717, 1.165) is 34.5 Å². The molecule has 0 aliphatic carbocycles. The van der Waals surface area contributed by atoms with Crippen molar-refractivity contribution in [3.63, 3.8) is 0 Å². The Balaban J connectivity index is 1.19. The first-order chi connectivity index (χ1) is 28.9. The van der Waals surface area contributed by atoms with E-state index in [2.05, 4.69) is 43.5 Å². The van der Waals surface area contributed by atoms with Gasteiger partial charge < -0.3 is 73.8 Å². The van der Waals surface area contributed by atoms with Gasteiger partial charge in [-0.2, -0.15) is 0 Å². The first-order valence-electron chi connectivity index (χ1n) is 18.2. The normalized spacial score (nSPS) is 22.0. The lowest BCUT2D eigenvalue weighted by Gasteiger charge is -2.36. The largest absolute Gasteiger partial charge is 0.790 e. The molecule has 344 valence electrons. The van der Waals surface area contributed by atoms with Crippen molar-refractivity contribution in [3.05, 3.63) is 60.7 Å². The number of anilines is 1. The molecule has 4 rings (SSSR count). The SMILES string of the molecule is CC(C)(COP(=O)([O-])OP(=O)([O-])OCC1OC(C)(n2cnc3c(N)ncnc32)C(O)C1OP(=O)([O-])[O-])C(O)C(=O)NCCC(=O)NCCSC(=O)C=CCOCc1ccccc1. The molecule has 29 heteroatoms. The Morgan fingerprint density at radius 3 is 2.45 bits per heavy atom. The highest BCUT2D eigenvalue weighted by Gasteiger charge is 2.55. The molecule has 0 radical (unpaired) electrons. The molecule has 6 N–H and O–H groups in total. The van der Waals surface area contributed by atoms with Crippen LogP contribution in [0.4, 0.5) is 5.82 Å². The number of nitrogens with one attached hydrogen (secondary N) is 2. The summed E-state index contributed by atoms with van der Waals surface area (Å²) in [6, 6.07) is 9.50. The summed E-state index contributed by atoms with van der Waals surface area (Å²) in [7, 11) is -17.7. The number of amides is 2. The number of carbonyl (C=O) groups excluding carboxylic acids is 3. The van der Waals surface area contributed by atoms with Crippen molar-refractivity contribution in [2.75, 3.05) is 44.4 Å². The van der Waals surface area contributed by atoms with Gasteiger partial charge in [0, 0.05) is 30.7 Å². The average molecular weight is 952 g/mol. The van der Waals surface area contributed by atoms with Crippen LogP contribution in [0.2, 0.25) is 0 Å². The van der Waals surface area contributed by atoms with Crippen molar-refractivity contribution < 1.29 is 85.2 Å². The number of aliphatic hydroxyl groups excluding tert-OH is 2. The van der Waals surface area contributed by atoms with Gasteiger partial charge in [0.25, 0.3) is 15.6 Å². The molecule has 1 fully saturated rings. The minimum atomic E-state index is -5.95. The molecular formula is C33H44N7O18P3S-4. The maximum Gasteiger partial charge on any atom is 0.274 e. The van der Waals surface area contributed by atoms with Gasteiger partial charge in [-0.15, -0.1) is 0 Å². The Kier molecular flexibility index (Phi) is 18.1. The number of hydrogen-bond acceptors (Lipinski definition) is 23. The lowest BCUT2D eigenvalue weighted by atomic mass is 9.87. The number of nitrogens with two attached hydrogens (primary N) is 1. The van der Waals surface area contributed by atoms with Gasteiger partial charge in [-0.25, -0.2) is 19.3 Å². The molecule has 3 heterocycles. The van der Waals surface area contributed by atoms with Gasteiger partial charge in [0.1, 0.15) is 36.3 Å². The molecule has 0 spiro atoms. The predicted molar refractivity (Wildman–Crippen MR) is 208 cm³/mol. The van der Waals surface area contributed by atoms with E-state index in [1.807, 2.05) is 30.3 Å². The predicted octanol–water partition coefficient (Wildman–Crippen LogP) is -1.92. The average Bonchev–Trinajstić information content (AvgIpc) is 3.74. The van der Waals surface area contributed by atoms with E-state index in [1.165, 1.54) is 26.8 Å². The first kappa shape index (κ1) is 51.1. The van der Waals surface area contributed by atoms with E-state index >= 15 is 0 Å². The van der Waals surface area contributed by atoms with Crippen LogP contribution in [-0.4, -0.2) is 110 Å². The van der Waals surface area contributed by atoms with E-state index in [4.69, 9.17) is 15.2 Å². The summed E-state index contributed by atoms with van der Waals surface area (Å²) in [5, 5.41) is 26.3. The second-order valence-corrected chi connectivity index (χ2v) is 19.3. The fourth-order valence-corrected chi connectivity index (χ4v) is 8.91. The summed E-state index contributed by atoms with van der Waals surface area (Å²) in [5.41, 5.74) is 3.00. The Hall–Kier alpha value is -3.52. The molecule has 1 saturated heterocycles. The molecule has 2 amide bonds. The molecule has 1 aromatic carbocycles. The summed E-state index contributed by atoms with van der Waals surface area (Å²) in [6.45, 7) is 1.80. The summed E-state index contributed by atoms with van der Waals surface area (Å²) in [4.78, 5) is 96.8. The fraction of sp³-hybridized carbons (Fsp3) is 0.515. The molecule has 25 nitrogen and oxygen atoms in total. The molecule has 1 aliphatic rings. The van der Waals surface area contributed by atoms with Crippen LogP contribution in [0, 0.1) is 5.41 Å². The maximum absolute atomic E-state index is 12.6. The third-order valence-electron chi connectivity index (χ3n) is 8.79. The lowest BCUT2D eigenvalue weighted by molar-refractivity contribution is -0.347. The summed E-state index contributed by atoms with van der Waals surface area (Å²) < 4.78 is 66.7. The summed E-state index contributed by atoms with van der Waals surface area (Å²) in [6.07, 6.45) is -3.20. The van der Waals surface area contributed by atoms with Gasteiger partial charge in [0.2, 0.25) is 16.9 Å². The van der Waals surface area contributed by atoms with Crippen molar-refractivity contribution in [1.82, 2.24) is 30.2 Å². The highest BCUT2D eigenvalue weighted by atomic mass is 32.2. The highest BCUT2D eigenvalue weighted by Crippen LogP contribution is 2.56. The zero-order valence-electron chi connectivity index (χ0n) is 33.2. The lowest BCUT2D eigenvalue weighted by Crippen LogP contribution is -2.46. The number of phosphoric ester groups is 3. The quantitative estimate of drug-likeness (QED) is 0.0371. The molecule has 62 heavy (non-hydrogen) atoms. The molecule has 7 atom stereocenters. The van der Waals surface area contributed by atoms with Crippen molar-refractivity contribution in [1.29, 1.82) is 0 Å². The van der Waals surface area contributed by atoms with Crippen molar-refractivity contribution in [2.45, 2.75) is 63.9 Å². The van der Waals surface area contributed by atoms with Crippen molar-refractivity contribution >= 4 is 69.1 Å². The molecule has 0 saturated carbocycles. The van der Waals surface area contributed by atoms with Gasteiger partial charge >= 0.3 is 0 Å². The van der Waals surface area contributed by atoms with Crippen LogP contribution in [0.1, 0.15) is 32.8 Å². The van der Waals surface area contributed by atoms with Crippen LogP contribution >= 0.6 is 35.2 Å². The van der Waals surface area contributed by atoms with Gasteiger partial charge in [0.05, 0.1) is 40.6 Å². The molecule has 0 bridgehead atoms. The molecule has 3 aromatic rings. The number of phosphoric acid groups is 3. The monoisotopic (exact) mass is 951 g/mol. The number of nitrogens with zero attached hydrogens (tertiary/aromatic N) is 4. The van der Waals surface area contributed by atoms with Crippen LogP contribution in [0.15, 0.2) is 55.1 Å². The number of imidazole rings is 1. The van der Waals surface area contributed by atoms with E-state index in [1.54, 1.807) is 6.08 Å². The van der Waals surface area contributed by atoms with E-state index in [0.29, 0.717) is 6.61 Å². The van der Waals surface area contributed by atoms with E-state index in [-0.39, 0.29) is 54.0 Å². The van der Waals surface area contributed by atoms with Gasteiger partial charge in [0.15, 0.2) is 17.2 Å². The van der Waals surface area contributed by atoms with Crippen LogP contribution < -0.4 is 35.9 Å². The number of aromatic nitrogens is 4. The Morgan fingerprint density at radius 1 is 1.06 bits per heavy atom. The number of ether oxygens (including phenoxy) is 2. The first-order valence-corrected chi connectivity index (χ1v) is 23.6. The van der Waals surface area contributed by atoms with Gasteiger partial charge in [-0.05, 0) is 18.6 Å². The van der Waals surface area contributed by atoms with Gasteiger partial charge in [-0.3, -0.25) is 28.1 Å². The minimum Gasteiger partial charge on any atom is -0.790 e. The topological polar surface area (TPSA) is 384 Å². The molecule has 7 unspecified atom stereocenters. The van der Waals surface area contributed by atoms with Crippen molar-refractivity contribution in [3.8, 4) is 0 Å². The Labute approximate surface area is 358 Å². The number of nitrogen functional groups attached to an aromatic ring is 1. The van der Waals surface area contributed by atoms with Crippen LogP contribution in [0.3, 0.4) is 0 Å². The number of fused-ring (bicyclic) bond motifs is 1. The number of aliphatic hydroxyl groups is 2.